The number of ether oxygens (including phenoxy) is 1. The molecule has 3 atom stereocenters. The molecule has 0 radical (unpaired) electrons. The van der Waals surface area contributed by atoms with Gasteiger partial charge in [0.2, 0.25) is 0 Å². The highest BCUT2D eigenvalue weighted by Gasteiger charge is 2.27. The third-order valence-electron chi connectivity index (χ3n) is 3.60. The molecule has 0 spiro atoms. The van der Waals surface area contributed by atoms with Crippen LogP contribution in [0.2, 0.25) is 0 Å². The zero-order valence-electron chi connectivity index (χ0n) is 16.9. The van der Waals surface area contributed by atoms with Gasteiger partial charge in [-0.15, -0.1) is 0 Å². The van der Waals surface area contributed by atoms with Crippen molar-refractivity contribution >= 4 is 17.4 Å². The molecule has 0 saturated heterocycles. The van der Waals surface area contributed by atoms with Crippen molar-refractivity contribution in [2.45, 2.75) is 32.7 Å². The molecular weight excluding hydrogens is 320 g/mol. The van der Waals surface area contributed by atoms with Crippen LogP contribution in [0.3, 0.4) is 0 Å². The summed E-state index contributed by atoms with van der Waals surface area (Å²) < 4.78 is 30.9. The van der Waals surface area contributed by atoms with Gasteiger partial charge in [0.05, 0.1) is 13.7 Å². The quantitative estimate of drug-likeness (QED) is 0.681. The van der Waals surface area contributed by atoms with Gasteiger partial charge in [-0.1, -0.05) is 18.2 Å². The Labute approximate surface area is 149 Å². The number of nitrogens with one attached hydrogen (secondary N) is 1. The van der Waals surface area contributed by atoms with Crippen LogP contribution in [0.1, 0.15) is 53.0 Å². The fourth-order valence-electron chi connectivity index (χ4n) is 2.39. The van der Waals surface area contributed by atoms with Crippen molar-refractivity contribution in [2.24, 2.45) is 5.10 Å². The predicted octanol–water partition coefficient (Wildman–Crippen LogP) is 2.59. The van der Waals surface area contributed by atoms with Gasteiger partial charge in [0, 0.05) is 15.0 Å². The van der Waals surface area contributed by atoms with Crippen LogP contribution in [0, 0.1) is 0 Å². The Morgan fingerprint density at radius 1 is 1.52 bits per heavy atom. The van der Waals surface area contributed by atoms with Crippen LogP contribution >= 0.6 is 0 Å². The topological polar surface area (TPSA) is 85.6 Å². The molecule has 0 amide bonds. The number of benzene rings is 1. The van der Waals surface area contributed by atoms with Gasteiger partial charge in [-0.05, 0) is 38.8 Å². The first-order valence-electron chi connectivity index (χ1n) is 9.47. The van der Waals surface area contributed by atoms with E-state index in [1.807, 2.05) is 6.07 Å². The minimum atomic E-state index is -1.81. The first-order chi connectivity index (χ1) is 13.3. The van der Waals surface area contributed by atoms with E-state index < -0.39 is 30.3 Å². The van der Waals surface area contributed by atoms with Crippen molar-refractivity contribution in [1.29, 1.82) is 0 Å². The summed E-state index contributed by atoms with van der Waals surface area (Å²) in [5.41, 5.74) is 2.36. The number of hydrazone groups is 1. The number of hydrogen-bond donors (Lipinski definition) is 1. The zero-order chi connectivity index (χ0) is 20.5. The van der Waals surface area contributed by atoms with E-state index in [1.165, 1.54) is 6.92 Å². The van der Waals surface area contributed by atoms with E-state index >= 15 is 0 Å². The van der Waals surface area contributed by atoms with Crippen molar-refractivity contribution in [1.82, 2.24) is 9.55 Å². The van der Waals surface area contributed by atoms with Gasteiger partial charge in [0.25, 0.3) is 5.56 Å². The van der Waals surface area contributed by atoms with Gasteiger partial charge < -0.3 is 4.74 Å². The first-order valence-corrected chi connectivity index (χ1v) is 7.82. The zero-order valence-corrected chi connectivity index (χ0v) is 13.9. The van der Waals surface area contributed by atoms with Gasteiger partial charge in [-0.3, -0.25) is 14.8 Å². The minimum Gasteiger partial charge on any atom is -0.462 e. The van der Waals surface area contributed by atoms with Crippen molar-refractivity contribution in [3.63, 3.8) is 0 Å². The lowest BCUT2D eigenvalue weighted by Crippen LogP contribution is -2.37. The summed E-state index contributed by atoms with van der Waals surface area (Å²) >= 11 is 0. The van der Waals surface area contributed by atoms with Crippen molar-refractivity contribution < 1.29 is 13.6 Å². The summed E-state index contributed by atoms with van der Waals surface area (Å²) in [6, 6.07) is 7.17. The molecule has 1 aromatic carbocycles. The Kier molecular flexibility index (Phi) is 3.89. The molecule has 0 fully saturated rings. The maximum Gasteiger partial charge on any atom is 0.345 e. The first kappa shape index (κ1) is 13.3. The Bertz CT molecular complexity index is 976. The summed E-state index contributed by atoms with van der Waals surface area (Å²) in [6.07, 6.45) is -1.47. The number of anilines is 1. The summed E-state index contributed by atoms with van der Waals surface area (Å²) in [7, 11) is 0. The molecule has 1 aliphatic rings. The number of nitrogens with zero attached hydrogens (tertiary/aromatic N) is 3. The molecule has 7 nitrogen and oxygen atoms in total. The van der Waals surface area contributed by atoms with Crippen LogP contribution < -0.4 is 11.0 Å². The van der Waals surface area contributed by atoms with Gasteiger partial charge in [-0.25, -0.2) is 9.78 Å². The second-order valence-electron chi connectivity index (χ2n) is 5.31. The Hall–Kier alpha value is -2.96. The fourth-order valence-corrected chi connectivity index (χ4v) is 2.39. The predicted molar refractivity (Wildman–Crippen MR) is 95.0 cm³/mol. The summed E-state index contributed by atoms with van der Waals surface area (Å²) in [4.78, 5) is 29.1. The summed E-state index contributed by atoms with van der Waals surface area (Å²) in [6.45, 7) is 3.04. The van der Waals surface area contributed by atoms with Gasteiger partial charge in [0.1, 0.15) is 11.3 Å². The van der Waals surface area contributed by atoms with Gasteiger partial charge in [-0.2, -0.15) is 5.10 Å². The third kappa shape index (κ3) is 3.45. The highest BCUT2D eigenvalue weighted by Crippen LogP contribution is 2.22. The lowest BCUT2D eigenvalue weighted by atomic mass is 10.0. The maximum atomic E-state index is 12.9. The van der Waals surface area contributed by atoms with E-state index in [4.69, 9.17) is 8.85 Å². The lowest BCUT2D eigenvalue weighted by Gasteiger charge is -2.25. The maximum absolute atomic E-state index is 12.9. The molecule has 0 saturated carbocycles. The summed E-state index contributed by atoms with van der Waals surface area (Å²) in [5.74, 6) is -0.871. The summed E-state index contributed by atoms with van der Waals surface area (Å²) in [5, 5.41) is 4.18. The molecule has 7 heteroatoms. The number of esters is 1. The van der Waals surface area contributed by atoms with Crippen molar-refractivity contribution in [3.05, 3.63) is 58.3 Å². The molecule has 2 heterocycles. The van der Waals surface area contributed by atoms with E-state index in [0.29, 0.717) is 5.69 Å². The standard InChI is InChI=1S/C18H20N4O3/c1-3-25-18(24)14-11-19-16-15(10-9-12(2)22(16)17(14)23)21-20-13-7-5-4-6-8-13/h4-8,11-12,20H,3,9-10H2,1-2H3/b21-15+/i9D,10D,12D. The number of rotatable bonds is 4. The average molecular weight is 343 g/mol. The molecular formula is C18H20N4O3. The Morgan fingerprint density at radius 2 is 2.28 bits per heavy atom. The molecule has 25 heavy (non-hydrogen) atoms. The third-order valence-corrected chi connectivity index (χ3v) is 3.60. The van der Waals surface area contributed by atoms with Crippen LogP contribution in [0.15, 0.2) is 46.4 Å². The van der Waals surface area contributed by atoms with Crippen LogP contribution in [-0.4, -0.2) is 27.8 Å². The minimum absolute atomic E-state index is 0.0255. The molecule has 0 aliphatic carbocycles. The normalized spacial score (nSPS) is 28.4. The molecule has 3 unspecified atom stereocenters. The SMILES string of the molecule is [2H]C1/C(=N\Nc2ccccc2)c2ncc(C(=O)OCC)c(=O)n2C([2H])(C)C1[2H]. The number of para-hydroxylation sites is 1. The van der Waals surface area contributed by atoms with Crippen LogP contribution in [0.25, 0.3) is 0 Å². The van der Waals surface area contributed by atoms with E-state index in [0.717, 1.165) is 10.8 Å². The molecule has 1 aliphatic heterocycles. The van der Waals surface area contributed by atoms with E-state index in [2.05, 4.69) is 15.5 Å². The number of carbonyl (C=O) groups excluding carboxylic acids is 1. The molecule has 1 aromatic heterocycles. The second-order valence-corrected chi connectivity index (χ2v) is 5.31. The van der Waals surface area contributed by atoms with E-state index in [9.17, 15) is 9.59 Å². The van der Waals surface area contributed by atoms with E-state index in [1.54, 1.807) is 31.2 Å². The molecule has 0 bridgehead atoms. The number of carbonyl (C=O) groups is 1. The second kappa shape index (κ2) is 7.29. The molecule has 130 valence electrons. The fraction of sp³-hybridized carbons (Fsp3) is 0.333. The molecule has 2 aromatic rings. The van der Waals surface area contributed by atoms with Crippen LogP contribution in [-0.2, 0) is 4.74 Å². The smallest absolute Gasteiger partial charge is 0.345 e. The highest BCUT2D eigenvalue weighted by atomic mass is 16.5. The largest absolute Gasteiger partial charge is 0.462 e. The number of hydrogen-bond acceptors (Lipinski definition) is 6. The Morgan fingerprint density at radius 3 is 3.00 bits per heavy atom. The van der Waals surface area contributed by atoms with Gasteiger partial charge in [0.15, 0.2) is 5.82 Å². The lowest BCUT2D eigenvalue weighted by molar-refractivity contribution is 0.0522. The molecule has 1 N–H and O–H groups in total. The Balaban J connectivity index is 2.14. The van der Waals surface area contributed by atoms with Crippen molar-refractivity contribution in [3.8, 4) is 0 Å². The van der Waals surface area contributed by atoms with Crippen LogP contribution in [0.5, 0.6) is 0 Å². The highest BCUT2D eigenvalue weighted by molar-refractivity contribution is 5.99. The average Bonchev–Trinajstić information content (AvgIpc) is 2.67. The monoisotopic (exact) mass is 343 g/mol. The van der Waals surface area contributed by atoms with Crippen molar-refractivity contribution in [2.75, 3.05) is 12.0 Å². The molecule has 3 rings (SSSR count). The number of fused-ring (bicyclic) bond motifs is 1. The van der Waals surface area contributed by atoms with E-state index in [-0.39, 0.29) is 23.7 Å². The number of aromatic nitrogens is 2. The van der Waals surface area contributed by atoms with Crippen LogP contribution in [0.4, 0.5) is 5.69 Å². The van der Waals surface area contributed by atoms with Gasteiger partial charge >= 0.3 is 5.97 Å².